The van der Waals surface area contributed by atoms with Gasteiger partial charge in [-0.15, -0.1) is 5.10 Å². The van der Waals surface area contributed by atoms with E-state index in [2.05, 4.69) is 35.4 Å². The lowest BCUT2D eigenvalue weighted by Gasteiger charge is -2.37. The molecule has 0 spiro atoms. The van der Waals surface area contributed by atoms with Crippen LogP contribution in [0.1, 0.15) is 31.1 Å². The van der Waals surface area contributed by atoms with E-state index in [4.69, 9.17) is 0 Å². The summed E-state index contributed by atoms with van der Waals surface area (Å²) in [5.41, 5.74) is -1.28. The van der Waals surface area contributed by atoms with Crippen LogP contribution in [0.3, 0.4) is 0 Å². The van der Waals surface area contributed by atoms with Gasteiger partial charge in [0.15, 0.2) is 5.60 Å². The van der Waals surface area contributed by atoms with Crippen molar-refractivity contribution in [1.82, 2.24) is 39.5 Å². The zero-order chi connectivity index (χ0) is 38.2. The van der Waals surface area contributed by atoms with E-state index in [9.17, 15) is 23.8 Å². The predicted octanol–water partition coefficient (Wildman–Crippen LogP) is 4.31. The maximum Gasteiger partial charge on any atom is 0.350 e. The predicted molar refractivity (Wildman–Crippen MR) is 190 cm³/mol. The van der Waals surface area contributed by atoms with Crippen LogP contribution in [0.5, 0.6) is 0 Å². The number of tetrazole rings is 1. The standard InChI is InChI=1S/C37H36F4N10O3/c1-24(25(2)52)51-35(53)50(23-44-51)31-11-9-30(10-12-31)48-17-15-47(16-18-48)29-7-3-26(4-8-29)27-5-14-34(42-20-27)37(40,41)36(54,21-49-22-43-45-46-49)32-13-6-28(38)19-33(32)39/h3-14,19-20,22-25,52,54H,15-18,21H2,1-2H3/t24?,25?,36-/m0/s1. The SMILES string of the molecule is CC(O)C(C)n1ncn(-c2ccc(N3CCN(c4ccc(-c5ccc(C(F)(F)[C@](O)(Cn6cnnn6)c6ccc(F)cc6F)nc5)cc4)CC3)cc2)c1=O. The monoisotopic (exact) mass is 744 g/mol. The molecule has 17 heteroatoms. The summed E-state index contributed by atoms with van der Waals surface area (Å²) in [6.07, 6.45) is 2.97. The fourth-order valence-corrected chi connectivity index (χ4v) is 6.52. The summed E-state index contributed by atoms with van der Waals surface area (Å²) in [7, 11) is 0. The minimum absolute atomic E-state index is 0.326. The number of pyridine rings is 1. The highest BCUT2D eigenvalue weighted by atomic mass is 19.3. The number of nitrogens with zero attached hydrogens (tertiary/aromatic N) is 10. The highest BCUT2D eigenvalue weighted by Crippen LogP contribution is 2.47. The first-order chi connectivity index (χ1) is 25.9. The second-order valence-corrected chi connectivity index (χ2v) is 13.2. The number of hydrogen-bond acceptors (Lipinski definition) is 10. The van der Waals surface area contributed by atoms with Crippen molar-refractivity contribution in [3.8, 4) is 16.8 Å². The van der Waals surface area contributed by atoms with Gasteiger partial charge in [0, 0.05) is 60.9 Å². The van der Waals surface area contributed by atoms with Gasteiger partial charge in [-0.25, -0.2) is 27.5 Å². The summed E-state index contributed by atoms with van der Waals surface area (Å²) in [6.45, 7) is 5.41. The Kier molecular flexibility index (Phi) is 9.76. The molecule has 1 aliphatic rings. The van der Waals surface area contributed by atoms with Crippen molar-refractivity contribution in [3.63, 3.8) is 0 Å². The number of benzene rings is 3. The number of hydrogen-bond donors (Lipinski definition) is 2. The molecule has 0 aliphatic carbocycles. The Labute approximate surface area is 306 Å². The fraction of sp³-hybridized carbons (Fsp3) is 0.297. The molecule has 54 heavy (non-hydrogen) atoms. The van der Waals surface area contributed by atoms with E-state index in [1.165, 1.54) is 27.8 Å². The van der Waals surface area contributed by atoms with Crippen molar-refractivity contribution in [3.05, 3.63) is 131 Å². The molecule has 3 aromatic carbocycles. The molecule has 2 N–H and O–H groups in total. The molecule has 7 rings (SSSR count). The van der Waals surface area contributed by atoms with Crippen LogP contribution in [0.15, 0.2) is 103 Å². The minimum atomic E-state index is -4.16. The summed E-state index contributed by atoms with van der Waals surface area (Å²) < 4.78 is 64.4. The topological polar surface area (TPSA) is 143 Å². The summed E-state index contributed by atoms with van der Waals surface area (Å²) in [6, 6.07) is 19.3. The Morgan fingerprint density at radius 1 is 0.815 bits per heavy atom. The zero-order valence-corrected chi connectivity index (χ0v) is 29.2. The molecule has 13 nitrogen and oxygen atoms in total. The lowest BCUT2D eigenvalue weighted by Crippen LogP contribution is -2.48. The van der Waals surface area contributed by atoms with Gasteiger partial charge in [-0.2, -0.15) is 13.9 Å². The van der Waals surface area contributed by atoms with Gasteiger partial charge in [0.25, 0.3) is 0 Å². The Hall–Kier alpha value is -5.94. The summed E-state index contributed by atoms with van der Waals surface area (Å²) in [5, 5.41) is 35.8. The van der Waals surface area contributed by atoms with Gasteiger partial charge in [0.2, 0.25) is 0 Å². The first-order valence-corrected chi connectivity index (χ1v) is 17.1. The molecule has 0 radical (unpaired) electrons. The minimum Gasteiger partial charge on any atom is -0.391 e. The average molecular weight is 745 g/mol. The number of rotatable bonds is 11. The number of aliphatic hydroxyl groups is 2. The molecule has 0 saturated carbocycles. The van der Waals surface area contributed by atoms with Crippen LogP contribution in [0.25, 0.3) is 16.8 Å². The highest BCUT2D eigenvalue weighted by Gasteiger charge is 2.58. The highest BCUT2D eigenvalue weighted by molar-refractivity contribution is 5.66. The van der Waals surface area contributed by atoms with E-state index in [1.807, 2.05) is 48.5 Å². The second-order valence-electron chi connectivity index (χ2n) is 13.2. The largest absolute Gasteiger partial charge is 0.391 e. The number of piperazine rings is 1. The number of anilines is 2. The van der Waals surface area contributed by atoms with Crippen molar-refractivity contribution in [2.45, 2.75) is 44.1 Å². The van der Waals surface area contributed by atoms with Gasteiger partial charge in [0.05, 0.1) is 24.4 Å². The Bertz CT molecular complexity index is 2260. The summed E-state index contributed by atoms with van der Waals surface area (Å²) in [5.74, 6) is -6.51. The van der Waals surface area contributed by atoms with Gasteiger partial charge in [-0.3, -0.25) is 4.98 Å². The van der Waals surface area contributed by atoms with Crippen LogP contribution < -0.4 is 15.5 Å². The molecule has 2 unspecified atom stereocenters. The molecule has 3 atom stereocenters. The summed E-state index contributed by atoms with van der Waals surface area (Å²) in [4.78, 5) is 21.3. The number of halogens is 4. The van der Waals surface area contributed by atoms with Crippen LogP contribution in [0.4, 0.5) is 28.9 Å². The van der Waals surface area contributed by atoms with Crippen LogP contribution in [-0.2, 0) is 18.1 Å². The Balaban J connectivity index is 1.01. The third kappa shape index (κ3) is 6.82. The molecule has 0 bridgehead atoms. The van der Waals surface area contributed by atoms with Gasteiger partial charge in [0.1, 0.15) is 30.0 Å². The van der Waals surface area contributed by atoms with Gasteiger partial charge in [-0.1, -0.05) is 18.2 Å². The smallest absolute Gasteiger partial charge is 0.350 e. The molecule has 1 aliphatic heterocycles. The van der Waals surface area contributed by atoms with Crippen molar-refractivity contribution < 1.29 is 27.8 Å². The van der Waals surface area contributed by atoms with Gasteiger partial charge in [-0.05, 0) is 84.4 Å². The van der Waals surface area contributed by atoms with Crippen LogP contribution in [0, 0.1) is 11.6 Å². The normalized spacial score (nSPS) is 15.9. The number of alkyl halides is 2. The van der Waals surface area contributed by atoms with Crippen molar-refractivity contribution >= 4 is 11.4 Å². The molecule has 0 amide bonds. The lowest BCUT2D eigenvalue weighted by atomic mass is 9.84. The summed E-state index contributed by atoms with van der Waals surface area (Å²) >= 11 is 0. The Morgan fingerprint density at radius 2 is 1.43 bits per heavy atom. The number of aliphatic hydroxyl groups excluding tert-OH is 1. The first kappa shape index (κ1) is 36.4. The van der Waals surface area contributed by atoms with Crippen LogP contribution in [0.2, 0.25) is 0 Å². The molecule has 280 valence electrons. The van der Waals surface area contributed by atoms with Crippen molar-refractivity contribution in [2.75, 3.05) is 36.0 Å². The quantitative estimate of drug-likeness (QED) is 0.184. The van der Waals surface area contributed by atoms with Crippen molar-refractivity contribution in [2.24, 2.45) is 0 Å². The van der Waals surface area contributed by atoms with E-state index >= 15 is 8.78 Å². The molecule has 1 fully saturated rings. The van der Waals surface area contributed by atoms with E-state index < -0.39 is 53.1 Å². The molecule has 4 heterocycles. The molecular weight excluding hydrogens is 708 g/mol. The van der Waals surface area contributed by atoms with E-state index in [0.29, 0.717) is 17.3 Å². The van der Waals surface area contributed by atoms with E-state index in [0.717, 1.165) is 72.3 Å². The average Bonchev–Trinajstić information content (AvgIpc) is 3.84. The fourth-order valence-electron chi connectivity index (χ4n) is 6.52. The van der Waals surface area contributed by atoms with Crippen LogP contribution in [-0.4, -0.2) is 82.0 Å². The maximum absolute atomic E-state index is 16.2. The maximum atomic E-state index is 16.2. The second kappa shape index (κ2) is 14.5. The molecule has 1 saturated heterocycles. The van der Waals surface area contributed by atoms with Crippen molar-refractivity contribution in [1.29, 1.82) is 0 Å². The van der Waals surface area contributed by atoms with E-state index in [1.54, 1.807) is 13.8 Å². The lowest BCUT2D eigenvalue weighted by molar-refractivity contribution is -0.207. The molecular formula is C37H36F4N10O3. The molecule has 3 aromatic heterocycles. The number of aromatic nitrogens is 8. The Morgan fingerprint density at radius 3 is 1.98 bits per heavy atom. The van der Waals surface area contributed by atoms with E-state index in [-0.39, 0.29) is 5.69 Å². The van der Waals surface area contributed by atoms with Crippen LogP contribution >= 0.6 is 0 Å². The third-order valence-corrected chi connectivity index (χ3v) is 9.88. The zero-order valence-electron chi connectivity index (χ0n) is 29.2. The molecule has 6 aromatic rings. The first-order valence-electron chi connectivity index (χ1n) is 17.1. The third-order valence-electron chi connectivity index (χ3n) is 9.88. The van der Waals surface area contributed by atoms with Gasteiger partial charge < -0.3 is 20.0 Å². The van der Waals surface area contributed by atoms with Gasteiger partial charge >= 0.3 is 11.6 Å².